The lowest BCUT2D eigenvalue weighted by Crippen LogP contribution is -1.96. The Morgan fingerprint density at radius 2 is 0.773 bits per heavy atom. The average Bonchev–Trinajstić information content (AvgIpc) is 3.61. The quantitative estimate of drug-likeness (QED) is 0.187. The van der Waals surface area contributed by atoms with Crippen LogP contribution in [0.15, 0.2) is 158 Å². The highest BCUT2D eigenvalue weighted by atomic mass is 15.0. The standard InChI is InChI=1S/C42H26N2/c1-2-12-27(13-3-1)43-39-21-11-9-19-36(39)41-40(43)25-24-35-34-18-8-10-20-38(34)44(42(35)41)28-22-23-33-31-16-5-4-14-29(31)30-15-6-7-17-32(30)37(33)26-28/h1-26H. The predicted molar refractivity (Wildman–Crippen MR) is 188 cm³/mol. The Bertz CT molecular complexity index is 2730. The maximum atomic E-state index is 2.50. The van der Waals surface area contributed by atoms with E-state index in [1.165, 1.54) is 87.3 Å². The van der Waals surface area contributed by atoms with Gasteiger partial charge in [-0.3, -0.25) is 0 Å². The lowest BCUT2D eigenvalue weighted by molar-refractivity contribution is 1.18. The monoisotopic (exact) mass is 558 g/mol. The summed E-state index contributed by atoms with van der Waals surface area (Å²) in [4.78, 5) is 0. The van der Waals surface area contributed by atoms with Crippen molar-refractivity contribution in [2.24, 2.45) is 0 Å². The van der Waals surface area contributed by atoms with Crippen LogP contribution in [-0.4, -0.2) is 9.13 Å². The van der Waals surface area contributed by atoms with E-state index in [-0.39, 0.29) is 0 Å². The summed E-state index contributed by atoms with van der Waals surface area (Å²) in [5.41, 5.74) is 7.24. The zero-order valence-corrected chi connectivity index (χ0v) is 23.9. The summed E-state index contributed by atoms with van der Waals surface area (Å²) >= 11 is 0. The molecule has 0 N–H and O–H groups in total. The van der Waals surface area contributed by atoms with Crippen LogP contribution in [0.1, 0.15) is 0 Å². The lowest BCUT2D eigenvalue weighted by Gasteiger charge is -2.14. The van der Waals surface area contributed by atoms with Crippen LogP contribution in [-0.2, 0) is 0 Å². The van der Waals surface area contributed by atoms with E-state index >= 15 is 0 Å². The molecule has 2 nitrogen and oxygen atoms in total. The average molecular weight is 559 g/mol. The van der Waals surface area contributed by atoms with Gasteiger partial charge in [-0.25, -0.2) is 0 Å². The van der Waals surface area contributed by atoms with Crippen molar-refractivity contribution in [3.63, 3.8) is 0 Å². The molecule has 0 atom stereocenters. The predicted octanol–water partition coefficient (Wildman–Crippen LogP) is 11.3. The third-order valence-corrected chi connectivity index (χ3v) is 9.47. The van der Waals surface area contributed by atoms with Crippen LogP contribution in [0, 0.1) is 0 Å². The second-order valence-electron chi connectivity index (χ2n) is 11.7. The Morgan fingerprint density at radius 3 is 1.45 bits per heavy atom. The first kappa shape index (κ1) is 23.7. The van der Waals surface area contributed by atoms with Crippen LogP contribution in [0.5, 0.6) is 0 Å². The number of hydrogen-bond acceptors (Lipinski definition) is 0. The van der Waals surface area contributed by atoms with Crippen LogP contribution in [0.2, 0.25) is 0 Å². The smallest absolute Gasteiger partial charge is 0.0641 e. The molecule has 2 heteroatoms. The van der Waals surface area contributed by atoms with Gasteiger partial charge < -0.3 is 9.13 Å². The molecule has 0 unspecified atom stereocenters. The van der Waals surface area contributed by atoms with Crippen molar-refractivity contribution in [1.82, 2.24) is 9.13 Å². The highest BCUT2D eigenvalue weighted by molar-refractivity contribution is 6.28. The number of hydrogen-bond donors (Lipinski definition) is 0. The Hall–Kier alpha value is -5.86. The van der Waals surface area contributed by atoms with E-state index in [1.54, 1.807) is 0 Å². The number of benzene rings is 8. The van der Waals surface area contributed by atoms with Gasteiger partial charge in [0.05, 0.1) is 22.1 Å². The second-order valence-corrected chi connectivity index (χ2v) is 11.7. The zero-order valence-electron chi connectivity index (χ0n) is 23.9. The van der Waals surface area contributed by atoms with Gasteiger partial charge in [0.2, 0.25) is 0 Å². The Balaban J connectivity index is 1.40. The van der Waals surface area contributed by atoms with E-state index in [1.807, 2.05) is 0 Å². The fourth-order valence-electron chi connectivity index (χ4n) is 7.67. The minimum Gasteiger partial charge on any atom is -0.309 e. The molecule has 0 bridgehead atoms. The van der Waals surface area contributed by atoms with Crippen molar-refractivity contribution in [2.75, 3.05) is 0 Å². The van der Waals surface area contributed by atoms with Gasteiger partial charge in [-0.05, 0) is 74.8 Å². The van der Waals surface area contributed by atoms with Gasteiger partial charge in [-0.15, -0.1) is 0 Å². The van der Waals surface area contributed by atoms with E-state index < -0.39 is 0 Å². The Labute approximate surface area is 253 Å². The van der Waals surface area contributed by atoms with Crippen molar-refractivity contribution in [3.05, 3.63) is 158 Å². The topological polar surface area (TPSA) is 9.86 Å². The highest BCUT2D eigenvalue weighted by Gasteiger charge is 2.21. The van der Waals surface area contributed by atoms with Gasteiger partial charge in [0.25, 0.3) is 0 Å². The summed E-state index contributed by atoms with van der Waals surface area (Å²) in [7, 11) is 0. The third kappa shape index (κ3) is 3.09. The molecule has 8 aromatic carbocycles. The Morgan fingerprint density at radius 1 is 0.273 bits per heavy atom. The molecule has 2 heterocycles. The molecule has 10 rings (SSSR count). The molecule has 2 aromatic heterocycles. The van der Waals surface area contributed by atoms with Gasteiger partial charge in [-0.2, -0.15) is 0 Å². The fourth-order valence-corrected chi connectivity index (χ4v) is 7.67. The number of aromatic nitrogens is 2. The molecule has 204 valence electrons. The summed E-state index contributed by atoms with van der Waals surface area (Å²) in [5.74, 6) is 0. The SMILES string of the molecule is c1ccc(-n2c3ccccc3c3c2ccc2c4ccccc4n(-c4ccc5c6ccccc6c6ccccc6c5c4)c23)cc1. The maximum absolute atomic E-state index is 2.50. The van der Waals surface area contributed by atoms with E-state index in [0.29, 0.717) is 0 Å². The van der Waals surface area contributed by atoms with E-state index in [0.717, 1.165) is 0 Å². The largest absolute Gasteiger partial charge is 0.309 e. The molecule has 0 saturated carbocycles. The van der Waals surface area contributed by atoms with E-state index in [4.69, 9.17) is 0 Å². The van der Waals surface area contributed by atoms with Crippen molar-refractivity contribution in [1.29, 1.82) is 0 Å². The van der Waals surface area contributed by atoms with Crippen molar-refractivity contribution in [2.45, 2.75) is 0 Å². The Kier molecular flexibility index (Phi) is 4.75. The third-order valence-electron chi connectivity index (χ3n) is 9.47. The molecule has 0 aliphatic carbocycles. The van der Waals surface area contributed by atoms with Gasteiger partial charge in [0, 0.05) is 32.9 Å². The molecule has 10 aromatic rings. The van der Waals surface area contributed by atoms with Crippen molar-refractivity contribution < 1.29 is 0 Å². The molecule has 0 radical (unpaired) electrons. The fraction of sp³-hybridized carbons (Fsp3) is 0. The molecular formula is C42H26N2. The minimum atomic E-state index is 1.17. The minimum absolute atomic E-state index is 1.17. The molecular weight excluding hydrogens is 532 g/mol. The number of rotatable bonds is 2. The molecule has 0 aliphatic rings. The van der Waals surface area contributed by atoms with E-state index in [9.17, 15) is 0 Å². The maximum Gasteiger partial charge on any atom is 0.0641 e. The van der Waals surface area contributed by atoms with Gasteiger partial charge in [-0.1, -0.05) is 115 Å². The van der Waals surface area contributed by atoms with Crippen molar-refractivity contribution >= 4 is 75.9 Å². The van der Waals surface area contributed by atoms with Gasteiger partial charge in [0.1, 0.15) is 0 Å². The van der Waals surface area contributed by atoms with Crippen LogP contribution < -0.4 is 0 Å². The van der Waals surface area contributed by atoms with Gasteiger partial charge in [0.15, 0.2) is 0 Å². The molecule has 0 fully saturated rings. The van der Waals surface area contributed by atoms with E-state index in [2.05, 4.69) is 167 Å². The summed E-state index contributed by atoms with van der Waals surface area (Å²) in [6.07, 6.45) is 0. The van der Waals surface area contributed by atoms with Crippen LogP contribution >= 0.6 is 0 Å². The zero-order chi connectivity index (χ0) is 28.8. The molecule has 0 aliphatic heterocycles. The number of nitrogens with zero attached hydrogens (tertiary/aromatic N) is 2. The summed E-state index contributed by atoms with van der Waals surface area (Å²) in [6, 6.07) is 57.7. The summed E-state index contributed by atoms with van der Waals surface area (Å²) < 4.78 is 4.91. The first-order chi connectivity index (χ1) is 21.9. The number of para-hydroxylation sites is 3. The highest BCUT2D eigenvalue weighted by Crippen LogP contribution is 2.43. The van der Waals surface area contributed by atoms with Gasteiger partial charge >= 0.3 is 0 Å². The molecule has 0 spiro atoms. The lowest BCUT2D eigenvalue weighted by atomic mass is 9.94. The first-order valence-corrected chi connectivity index (χ1v) is 15.2. The summed E-state index contributed by atoms with van der Waals surface area (Å²) in [5, 5.41) is 12.8. The normalized spacial score (nSPS) is 12.1. The van der Waals surface area contributed by atoms with Crippen LogP contribution in [0.4, 0.5) is 0 Å². The molecule has 0 amide bonds. The number of fused-ring (bicyclic) bond motifs is 13. The van der Waals surface area contributed by atoms with Crippen molar-refractivity contribution in [3.8, 4) is 11.4 Å². The molecule has 44 heavy (non-hydrogen) atoms. The first-order valence-electron chi connectivity index (χ1n) is 15.2. The summed E-state index contributed by atoms with van der Waals surface area (Å²) in [6.45, 7) is 0. The second kappa shape index (κ2) is 8.82. The van der Waals surface area contributed by atoms with Crippen LogP contribution in [0.3, 0.4) is 0 Å². The molecule has 0 saturated heterocycles. The van der Waals surface area contributed by atoms with Crippen LogP contribution in [0.25, 0.3) is 87.3 Å².